The summed E-state index contributed by atoms with van der Waals surface area (Å²) in [6.45, 7) is 1.07. The van der Waals surface area contributed by atoms with E-state index in [1.54, 1.807) is 6.08 Å². The summed E-state index contributed by atoms with van der Waals surface area (Å²) in [4.78, 5) is 25.6. The lowest BCUT2D eigenvalue weighted by molar-refractivity contribution is -0.119. The maximum atomic E-state index is 12.0. The van der Waals surface area contributed by atoms with Crippen LogP contribution in [0.1, 0.15) is 30.4 Å². The van der Waals surface area contributed by atoms with Crippen LogP contribution in [0.3, 0.4) is 0 Å². The van der Waals surface area contributed by atoms with Crippen LogP contribution in [0.4, 0.5) is 5.69 Å². The van der Waals surface area contributed by atoms with Crippen molar-refractivity contribution in [2.45, 2.75) is 19.3 Å². The van der Waals surface area contributed by atoms with E-state index in [2.05, 4.69) is 17.2 Å². The average Bonchev–Trinajstić information content (AvgIpc) is 2.71. The van der Waals surface area contributed by atoms with E-state index in [4.69, 9.17) is 0 Å². The van der Waals surface area contributed by atoms with Crippen LogP contribution in [0.2, 0.25) is 0 Å². The molecule has 4 heteroatoms. The quantitative estimate of drug-likeness (QED) is 0.673. The van der Waals surface area contributed by atoms with Gasteiger partial charge in [-0.25, -0.2) is 0 Å². The van der Waals surface area contributed by atoms with E-state index in [9.17, 15) is 9.59 Å². The van der Waals surface area contributed by atoms with Crippen LogP contribution in [0.5, 0.6) is 0 Å². The van der Waals surface area contributed by atoms with E-state index >= 15 is 0 Å². The van der Waals surface area contributed by atoms with E-state index in [1.807, 2.05) is 59.5 Å². The number of hydrogen-bond acceptors (Lipinski definition) is 2. The molecule has 0 radical (unpaired) electrons. The van der Waals surface area contributed by atoms with Gasteiger partial charge in [-0.2, -0.15) is 0 Å². The standard InChI is InChI=1S/C23H22N2O2/c26-22(16-13-19-7-2-1-3-8-19)24-17-6-9-20-11-14-21(15-12-20)25-18-5-4-10-23(25)27/h1-3,7-8,11-16H,4-5,10,17-18H2,(H,24,26)/b16-13+. The number of hydrogen-bond donors (Lipinski definition) is 1. The lowest BCUT2D eigenvalue weighted by Gasteiger charge is -2.26. The Morgan fingerprint density at radius 1 is 1.07 bits per heavy atom. The minimum absolute atomic E-state index is 0.174. The van der Waals surface area contributed by atoms with Gasteiger partial charge in [-0.1, -0.05) is 42.2 Å². The van der Waals surface area contributed by atoms with Gasteiger partial charge in [0.05, 0.1) is 6.54 Å². The normalized spacial score (nSPS) is 13.9. The number of carbonyl (C=O) groups is 2. The maximum absolute atomic E-state index is 12.0. The molecule has 1 aliphatic rings. The van der Waals surface area contributed by atoms with Crippen molar-refractivity contribution in [2.24, 2.45) is 0 Å². The largest absolute Gasteiger partial charge is 0.342 e. The van der Waals surface area contributed by atoms with Gasteiger partial charge in [-0.05, 0) is 48.7 Å². The molecule has 0 unspecified atom stereocenters. The Morgan fingerprint density at radius 3 is 2.59 bits per heavy atom. The molecule has 136 valence electrons. The zero-order valence-electron chi connectivity index (χ0n) is 15.2. The zero-order valence-corrected chi connectivity index (χ0v) is 15.2. The highest BCUT2D eigenvalue weighted by Crippen LogP contribution is 2.20. The molecule has 1 saturated heterocycles. The second-order valence-corrected chi connectivity index (χ2v) is 6.31. The van der Waals surface area contributed by atoms with Crippen molar-refractivity contribution >= 4 is 23.6 Å². The molecule has 2 aromatic rings. The molecule has 27 heavy (non-hydrogen) atoms. The summed E-state index contributed by atoms with van der Waals surface area (Å²) >= 11 is 0. The summed E-state index contributed by atoms with van der Waals surface area (Å²) in [5.41, 5.74) is 2.76. The fourth-order valence-electron chi connectivity index (χ4n) is 2.88. The second-order valence-electron chi connectivity index (χ2n) is 6.31. The summed E-state index contributed by atoms with van der Waals surface area (Å²) in [5, 5.41) is 2.74. The molecule has 1 heterocycles. The molecule has 0 spiro atoms. The SMILES string of the molecule is O=C(/C=C/c1ccccc1)NCC#Cc1ccc(N2CCCCC2=O)cc1. The van der Waals surface area contributed by atoms with Crippen molar-refractivity contribution in [3.05, 3.63) is 71.8 Å². The second kappa shape index (κ2) is 9.40. The molecule has 4 nitrogen and oxygen atoms in total. The maximum Gasteiger partial charge on any atom is 0.244 e. The molecule has 2 amide bonds. The molecular formula is C23H22N2O2. The van der Waals surface area contributed by atoms with Crippen LogP contribution in [0.15, 0.2) is 60.7 Å². The Labute approximate surface area is 159 Å². The third-order valence-electron chi connectivity index (χ3n) is 4.31. The minimum atomic E-state index is -0.174. The van der Waals surface area contributed by atoms with Crippen LogP contribution in [0.25, 0.3) is 6.08 Å². The summed E-state index contributed by atoms with van der Waals surface area (Å²) in [6.07, 6.45) is 5.92. The van der Waals surface area contributed by atoms with Gasteiger partial charge < -0.3 is 10.2 Å². The van der Waals surface area contributed by atoms with Crippen molar-refractivity contribution < 1.29 is 9.59 Å². The van der Waals surface area contributed by atoms with Gasteiger partial charge in [0.1, 0.15) is 0 Å². The molecule has 0 aromatic heterocycles. The average molecular weight is 358 g/mol. The molecule has 1 aliphatic heterocycles. The highest BCUT2D eigenvalue weighted by Gasteiger charge is 2.19. The van der Waals surface area contributed by atoms with E-state index in [-0.39, 0.29) is 18.4 Å². The number of benzene rings is 2. The Morgan fingerprint density at radius 2 is 1.85 bits per heavy atom. The molecule has 1 N–H and O–H groups in total. The molecule has 0 atom stereocenters. The first-order valence-electron chi connectivity index (χ1n) is 9.13. The molecule has 3 rings (SSSR count). The van der Waals surface area contributed by atoms with Gasteiger partial charge in [-0.15, -0.1) is 0 Å². The van der Waals surface area contributed by atoms with Crippen LogP contribution in [-0.2, 0) is 9.59 Å². The van der Waals surface area contributed by atoms with Crippen molar-refractivity contribution in [3.8, 4) is 11.8 Å². The predicted octanol–water partition coefficient (Wildman–Crippen LogP) is 3.38. The van der Waals surface area contributed by atoms with Crippen molar-refractivity contribution in [1.82, 2.24) is 5.32 Å². The summed E-state index contributed by atoms with van der Waals surface area (Å²) < 4.78 is 0. The van der Waals surface area contributed by atoms with Gasteiger partial charge in [-0.3, -0.25) is 9.59 Å². The van der Waals surface area contributed by atoms with E-state index < -0.39 is 0 Å². The van der Waals surface area contributed by atoms with Gasteiger partial charge in [0.25, 0.3) is 0 Å². The van der Waals surface area contributed by atoms with Crippen LogP contribution in [0, 0.1) is 11.8 Å². The van der Waals surface area contributed by atoms with Crippen LogP contribution >= 0.6 is 0 Å². The number of rotatable bonds is 4. The molecule has 0 saturated carbocycles. The smallest absolute Gasteiger partial charge is 0.244 e. The molecule has 0 aliphatic carbocycles. The van der Waals surface area contributed by atoms with E-state index in [0.29, 0.717) is 6.42 Å². The number of nitrogens with one attached hydrogen (secondary N) is 1. The summed E-state index contributed by atoms with van der Waals surface area (Å²) in [5.74, 6) is 5.98. The van der Waals surface area contributed by atoms with E-state index in [0.717, 1.165) is 36.2 Å². The van der Waals surface area contributed by atoms with Crippen LogP contribution in [-0.4, -0.2) is 24.9 Å². The monoisotopic (exact) mass is 358 g/mol. The molecule has 2 aromatic carbocycles. The van der Waals surface area contributed by atoms with Gasteiger partial charge >= 0.3 is 0 Å². The Hall–Kier alpha value is -3.32. The fraction of sp³-hybridized carbons (Fsp3) is 0.217. The van der Waals surface area contributed by atoms with Crippen molar-refractivity contribution in [2.75, 3.05) is 18.0 Å². The van der Waals surface area contributed by atoms with Crippen molar-refractivity contribution in [3.63, 3.8) is 0 Å². The number of carbonyl (C=O) groups excluding carboxylic acids is 2. The third kappa shape index (κ3) is 5.58. The predicted molar refractivity (Wildman–Crippen MR) is 108 cm³/mol. The lowest BCUT2D eigenvalue weighted by Crippen LogP contribution is -2.35. The first-order chi connectivity index (χ1) is 13.2. The first-order valence-corrected chi connectivity index (χ1v) is 9.13. The number of nitrogens with zero attached hydrogens (tertiary/aromatic N) is 1. The first kappa shape index (κ1) is 18.5. The Balaban J connectivity index is 1.48. The zero-order chi connectivity index (χ0) is 18.9. The Bertz CT molecular complexity index is 874. The molecule has 0 bridgehead atoms. The summed E-state index contributed by atoms with van der Waals surface area (Å²) in [7, 11) is 0. The topological polar surface area (TPSA) is 49.4 Å². The van der Waals surface area contributed by atoms with Crippen LogP contribution < -0.4 is 10.2 Å². The lowest BCUT2D eigenvalue weighted by atomic mass is 10.1. The molecular weight excluding hydrogens is 336 g/mol. The summed E-state index contributed by atoms with van der Waals surface area (Å²) in [6, 6.07) is 17.3. The fourth-order valence-corrected chi connectivity index (χ4v) is 2.88. The highest BCUT2D eigenvalue weighted by molar-refractivity contribution is 5.94. The van der Waals surface area contributed by atoms with E-state index in [1.165, 1.54) is 6.08 Å². The number of piperidine rings is 1. The van der Waals surface area contributed by atoms with Gasteiger partial charge in [0.2, 0.25) is 11.8 Å². The Kier molecular flexibility index (Phi) is 6.43. The minimum Gasteiger partial charge on any atom is -0.342 e. The highest BCUT2D eigenvalue weighted by atomic mass is 16.2. The number of anilines is 1. The third-order valence-corrected chi connectivity index (χ3v) is 4.31. The van der Waals surface area contributed by atoms with Gasteiger partial charge in [0, 0.05) is 30.3 Å². The van der Waals surface area contributed by atoms with Gasteiger partial charge in [0.15, 0.2) is 0 Å². The van der Waals surface area contributed by atoms with Crippen molar-refractivity contribution in [1.29, 1.82) is 0 Å². The number of amides is 2. The molecule has 1 fully saturated rings.